The van der Waals surface area contributed by atoms with E-state index in [4.69, 9.17) is 0 Å². The highest BCUT2D eigenvalue weighted by Gasteiger charge is 2.38. The Morgan fingerprint density at radius 1 is 1.12 bits per heavy atom. The molecule has 0 unspecified atom stereocenters. The van der Waals surface area contributed by atoms with Gasteiger partial charge in [-0.25, -0.2) is 4.68 Å². The fraction of sp³-hybridized carbons (Fsp3) is 0.412. The highest BCUT2D eigenvalue weighted by molar-refractivity contribution is 5.92. The van der Waals surface area contributed by atoms with Crippen LogP contribution < -0.4 is 10.9 Å². The van der Waals surface area contributed by atoms with E-state index in [-0.39, 0.29) is 23.9 Å². The molecular formula is C17H21ClN4O2. The topological polar surface area (TPSA) is 70.1 Å². The number of fused-ring (bicyclic) bond motifs is 1. The quantitative estimate of drug-likeness (QED) is 0.856. The van der Waals surface area contributed by atoms with Crippen LogP contribution in [-0.2, 0) is 0 Å². The van der Waals surface area contributed by atoms with E-state index >= 15 is 0 Å². The second kappa shape index (κ2) is 6.45. The summed E-state index contributed by atoms with van der Waals surface area (Å²) < 4.78 is 1.42. The van der Waals surface area contributed by atoms with Gasteiger partial charge in [-0.15, -0.1) is 12.4 Å². The molecule has 0 bridgehead atoms. The van der Waals surface area contributed by atoms with Crippen LogP contribution in [-0.4, -0.2) is 46.8 Å². The molecular weight excluding hydrogens is 328 g/mol. The Morgan fingerprint density at radius 2 is 1.75 bits per heavy atom. The van der Waals surface area contributed by atoms with Gasteiger partial charge in [-0.3, -0.25) is 14.7 Å². The van der Waals surface area contributed by atoms with Crippen molar-refractivity contribution in [2.45, 2.75) is 6.92 Å². The van der Waals surface area contributed by atoms with Gasteiger partial charge in [0, 0.05) is 32.2 Å². The zero-order chi connectivity index (χ0) is 16.0. The van der Waals surface area contributed by atoms with Crippen LogP contribution in [0.3, 0.4) is 0 Å². The normalized spacial score (nSPS) is 22.3. The fourth-order valence-corrected chi connectivity index (χ4v) is 3.58. The number of rotatable bonds is 2. The minimum Gasteiger partial charge on any atom is -0.337 e. The molecule has 3 heterocycles. The van der Waals surface area contributed by atoms with Gasteiger partial charge in [-0.1, -0.05) is 17.7 Å². The van der Waals surface area contributed by atoms with Crippen molar-refractivity contribution in [3.8, 4) is 5.69 Å². The van der Waals surface area contributed by atoms with Crippen molar-refractivity contribution >= 4 is 18.3 Å². The smallest absolute Gasteiger partial charge is 0.271 e. The summed E-state index contributed by atoms with van der Waals surface area (Å²) in [5, 5.41) is 6.32. The predicted octanol–water partition coefficient (Wildman–Crippen LogP) is 1.19. The minimum absolute atomic E-state index is 0. The molecule has 2 saturated heterocycles. The SMILES string of the molecule is Cc1ccc(-n2[nH]c(C(=O)N3C[C@H]4CNC[C@H]4C3)cc2=O)cc1.Cl. The maximum absolute atomic E-state index is 12.7. The first kappa shape index (κ1) is 16.8. The third kappa shape index (κ3) is 2.87. The zero-order valence-corrected chi connectivity index (χ0v) is 14.3. The Morgan fingerprint density at radius 3 is 2.38 bits per heavy atom. The van der Waals surface area contributed by atoms with Crippen LogP contribution in [0.4, 0.5) is 0 Å². The molecule has 7 heteroatoms. The lowest BCUT2D eigenvalue weighted by molar-refractivity contribution is 0.0775. The largest absolute Gasteiger partial charge is 0.337 e. The van der Waals surface area contributed by atoms with E-state index in [1.165, 1.54) is 10.7 Å². The highest BCUT2D eigenvalue weighted by Crippen LogP contribution is 2.27. The monoisotopic (exact) mass is 348 g/mol. The van der Waals surface area contributed by atoms with E-state index in [1.807, 2.05) is 36.1 Å². The first-order chi connectivity index (χ1) is 11.1. The number of aryl methyl sites for hydroxylation is 1. The van der Waals surface area contributed by atoms with Crippen molar-refractivity contribution < 1.29 is 4.79 Å². The van der Waals surface area contributed by atoms with Crippen LogP contribution in [0.15, 0.2) is 35.1 Å². The van der Waals surface area contributed by atoms with Crippen molar-refractivity contribution in [2.24, 2.45) is 11.8 Å². The number of aromatic amines is 1. The van der Waals surface area contributed by atoms with Crippen molar-refractivity contribution in [2.75, 3.05) is 26.2 Å². The van der Waals surface area contributed by atoms with Crippen molar-refractivity contribution in [1.29, 1.82) is 0 Å². The molecule has 0 spiro atoms. The lowest BCUT2D eigenvalue weighted by atomic mass is 10.0. The van der Waals surface area contributed by atoms with Crippen LogP contribution in [0.1, 0.15) is 16.1 Å². The van der Waals surface area contributed by atoms with Gasteiger partial charge in [0.15, 0.2) is 0 Å². The van der Waals surface area contributed by atoms with Gasteiger partial charge < -0.3 is 10.2 Å². The molecule has 1 amide bonds. The average molecular weight is 349 g/mol. The molecule has 2 aliphatic heterocycles. The summed E-state index contributed by atoms with van der Waals surface area (Å²) in [5.74, 6) is 1.01. The van der Waals surface area contributed by atoms with E-state index in [2.05, 4.69) is 10.4 Å². The number of aromatic nitrogens is 2. The van der Waals surface area contributed by atoms with E-state index in [0.29, 0.717) is 17.5 Å². The summed E-state index contributed by atoms with van der Waals surface area (Å²) >= 11 is 0. The van der Waals surface area contributed by atoms with Crippen molar-refractivity contribution in [3.05, 3.63) is 51.9 Å². The molecule has 6 nitrogen and oxygen atoms in total. The Hall–Kier alpha value is -2.05. The fourth-order valence-electron chi connectivity index (χ4n) is 3.58. The average Bonchev–Trinajstić information content (AvgIpc) is 3.21. The number of nitrogens with one attached hydrogen (secondary N) is 2. The summed E-state index contributed by atoms with van der Waals surface area (Å²) in [6, 6.07) is 9.02. The number of amides is 1. The van der Waals surface area contributed by atoms with E-state index in [9.17, 15) is 9.59 Å². The number of carbonyl (C=O) groups excluding carboxylic acids is 1. The molecule has 24 heavy (non-hydrogen) atoms. The van der Waals surface area contributed by atoms with Gasteiger partial charge in [0.05, 0.1) is 5.69 Å². The van der Waals surface area contributed by atoms with Crippen LogP contribution >= 0.6 is 12.4 Å². The summed E-state index contributed by atoms with van der Waals surface area (Å²) in [7, 11) is 0. The summed E-state index contributed by atoms with van der Waals surface area (Å²) in [6.45, 7) is 5.50. The molecule has 4 rings (SSSR count). The minimum atomic E-state index is -0.210. The second-order valence-corrected chi connectivity index (χ2v) is 6.57. The van der Waals surface area contributed by atoms with Gasteiger partial charge in [0.2, 0.25) is 0 Å². The van der Waals surface area contributed by atoms with Crippen LogP contribution in [0.25, 0.3) is 5.69 Å². The van der Waals surface area contributed by atoms with Crippen molar-refractivity contribution in [3.63, 3.8) is 0 Å². The summed E-state index contributed by atoms with van der Waals surface area (Å²) in [6.07, 6.45) is 0. The molecule has 0 radical (unpaired) electrons. The van der Waals surface area contributed by atoms with Crippen molar-refractivity contribution in [1.82, 2.24) is 20.0 Å². The van der Waals surface area contributed by atoms with Gasteiger partial charge in [0.1, 0.15) is 5.69 Å². The van der Waals surface area contributed by atoms with Crippen LogP contribution in [0, 0.1) is 18.8 Å². The molecule has 1 aromatic carbocycles. The van der Waals surface area contributed by atoms with Gasteiger partial charge in [0.25, 0.3) is 11.5 Å². The van der Waals surface area contributed by atoms with Crippen LogP contribution in [0.5, 0.6) is 0 Å². The first-order valence-corrected chi connectivity index (χ1v) is 8.01. The Kier molecular flexibility index (Phi) is 4.51. The second-order valence-electron chi connectivity index (χ2n) is 6.57. The number of carbonyl (C=O) groups is 1. The maximum Gasteiger partial charge on any atom is 0.271 e. The summed E-state index contributed by atoms with van der Waals surface area (Å²) in [4.78, 5) is 26.7. The predicted molar refractivity (Wildman–Crippen MR) is 94.1 cm³/mol. The Bertz CT molecular complexity index is 784. The number of likely N-dealkylation sites (tertiary alicyclic amines) is 1. The highest BCUT2D eigenvalue weighted by atomic mass is 35.5. The number of nitrogens with zero attached hydrogens (tertiary/aromatic N) is 2. The van der Waals surface area contributed by atoms with E-state index in [1.54, 1.807) is 0 Å². The summed E-state index contributed by atoms with van der Waals surface area (Å²) in [5.41, 5.74) is 2.02. The molecule has 0 saturated carbocycles. The first-order valence-electron chi connectivity index (χ1n) is 8.01. The standard InChI is InChI=1S/C17H20N4O2.ClH/c1-11-2-4-14(5-3-11)21-16(22)6-15(19-21)17(23)20-9-12-7-18-8-13(12)10-20;/h2-6,12-13,18-19H,7-10H2,1H3;1H/t12-,13+;. The molecule has 2 N–H and O–H groups in total. The number of hydrogen-bond donors (Lipinski definition) is 2. The third-order valence-corrected chi connectivity index (χ3v) is 4.92. The van der Waals surface area contributed by atoms with E-state index < -0.39 is 0 Å². The van der Waals surface area contributed by atoms with Crippen LogP contribution in [0.2, 0.25) is 0 Å². The maximum atomic E-state index is 12.7. The molecule has 1 aromatic heterocycles. The molecule has 2 atom stereocenters. The number of H-pyrrole nitrogens is 1. The number of hydrogen-bond acceptors (Lipinski definition) is 3. The Labute approximate surface area is 146 Å². The van der Waals surface area contributed by atoms with Gasteiger partial charge >= 0.3 is 0 Å². The zero-order valence-electron chi connectivity index (χ0n) is 13.5. The number of halogens is 1. The molecule has 2 aliphatic rings. The van der Waals surface area contributed by atoms with Gasteiger partial charge in [-0.05, 0) is 30.9 Å². The number of benzene rings is 1. The molecule has 2 fully saturated rings. The lowest BCUT2D eigenvalue weighted by Gasteiger charge is -2.16. The molecule has 128 valence electrons. The lowest BCUT2D eigenvalue weighted by Crippen LogP contribution is -2.32. The Balaban J connectivity index is 0.00000169. The van der Waals surface area contributed by atoms with Gasteiger partial charge in [-0.2, -0.15) is 0 Å². The molecule has 2 aromatic rings. The molecule has 0 aliphatic carbocycles. The van der Waals surface area contributed by atoms with E-state index in [0.717, 1.165) is 37.4 Å². The third-order valence-electron chi connectivity index (χ3n) is 4.92.